The van der Waals surface area contributed by atoms with Crippen molar-refractivity contribution in [2.45, 2.75) is 12.4 Å². The van der Waals surface area contributed by atoms with Gasteiger partial charge >= 0.3 is 5.51 Å². The second-order valence-electron chi connectivity index (χ2n) is 3.54. The van der Waals surface area contributed by atoms with Crippen molar-refractivity contribution in [1.82, 2.24) is 0 Å². The van der Waals surface area contributed by atoms with Crippen molar-refractivity contribution in [2.24, 2.45) is 0 Å². The van der Waals surface area contributed by atoms with E-state index in [-0.39, 0.29) is 11.4 Å². The fourth-order valence-electron chi connectivity index (χ4n) is 1.19. The number of amides is 1. The summed E-state index contributed by atoms with van der Waals surface area (Å²) in [5.74, 6) is -1.67. The van der Waals surface area contributed by atoms with Crippen LogP contribution in [0.15, 0.2) is 18.2 Å². The molecular formula is C10H9F3N2O3S. The zero-order valence-electron chi connectivity index (χ0n) is 9.65. The Hall–Kier alpha value is -1.77. The van der Waals surface area contributed by atoms with Crippen LogP contribution in [-0.4, -0.2) is 22.1 Å². The molecule has 19 heavy (non-hydrogen) atoms. The summed E-state index contributed by atoms with van der Waals surface area (Å²) in [5.41, 5.74) is -4.09. The number of anilines is 1. The highest BCUT2D eigenvalue weighted by atomic mass is 32.2. The topological polar surface area (TPSA) is 72.2 Å². The number of carbonyl (C=O) groups is 1. The maximum atomic E-state index is 11.9. The number of alkyl halides is 3. The Balaban J connectivity index is 2.73. The van der Waals surface area contributed by atoms with Crippen LogP contribution < -0.4 is 5.32 Å². The molecule has 0 bridgehead atoms. The third-order valence-electron chi connectivity index (χ3n) is 2.07. The largest absolute Gasteiger partial charge is 0.442 e. The van der Waals surface area contributed by atoms with Gasteiger partial charge in [0.15, 0.2) is 0 Å². The minimum absolute atomic E-state index is 0.127. The van der Waals surface area contributed by atoms with Crippen LogP contribution in [0, 0.1) is 17.0 Å². The molecule has 0 atom stereocenters. The molecule has 9 heteroatoms. The highest BCUT2D eigenvalue weighted by Crippen LogP contribution is 2.30. The SMILES string of the molecule is Cc1ccc([N+](=O)[O-])cc1NC(=O)CSC(F)(F)F. The van der Waals surface area contributed by atoms with Gasteiger partial charge in [-0.2, -0.15) is 13.2 Å². The molecule has 1 aromatic carbocycles. The summed E-state index contributed by atoms with van der Waals surface area (Å²) in [6.45, 7) is 1.58. The van der Waals surface area contributed by atoms with Gasteiger partial charge in [-0.05, 0) is 24.2 Å². The average molecular weight is 294 g/mol. The Morgan fingerprint density at radius 3 is 2.63 bits per heavy atom. The number of non-ortho nitro benzene ring substituents is 1. The van der Waals surface area contributed by atoms with Crippen LogP contribution in [0.1, 0.15) is 5.56 Å². The lowest BCUT2D eigenvalue weighted by atomic mass is 10.2. The van der Waals surface area contributed by atoms with Gasteiger partial charge in [0.25, 0.3) is 5.69 Å². The second-order valence-corrected chi connectivity index (χ2v) is 4.58. The molecule has 1 rings (SSSR count). The van der Waals surface area contributed by atoms with Crippen molar-refractivity contribution < 1.29 is 22.9 Å². The van der Waals surface area contributed by atoms with E-state index in [2.05, 4.69) is 5.32 Å². The molecule has 0 saturated heterocycles. The molecule has 1 N–H and O–H groups in total. The van der Waals surface area contributed by atoms with Crippen LogP contribution >= 0.6 is 11.8 Å². The van der Waals surface area contributed by atoms with Crippen LogP contribution in [-0.2, 0) is 4.79 Å². The van der Waals surface area contributed by atoms with E-state index in [1.165, 1.54) is 12.1 Å². The minimum Gasteiger partial charge on any atom is -0.325 e. The Morgan fingerprint density at radius 2 is 2.11 bits per heavy atom. The molecule has 0 saturated carbocycles. The number of halogens is 3. The van der Waals surface area contributed by atoms with Crippen molar-refractivity contribution in [2.75, 3.05) is 11.1 Å². The van der Waals surface area contributed by atoms with Crippen molar-refractivity contribution in [3.63, 3.8) is 0 Å². The number of nitro benzene ring substituents is 1. The molecule has 0 fully saturated rings. The minimum atomic E-state index is -4.49. The van der Waals surface area contributed by atoms with Crippen molar-refractivity contribution in [3.8, 4) is 0 Å². The Kier molecular flexibility index (Phi) is 4.76. The molecule has 0 aliphatic carbocycles. The summed E-state index contributed by atoms with van der Waals surface area (Å²) in [5, 5.41) is 12.8. The van der Waals surface area contributed by atoms with E-state index in [9.17, 15) is 28.1 Å². The highest BCUT2D eigenvalue weighted by Gasteiger charge is 2.29. The normalized spacial score (nSPS) is 11.2. The fraction of sp³-hybridized carbons (Fsp3) is 0.300. The Bertz CT molecular complexity index is 505. The molecule has 0 spiro atoms. The van der Waals surface area contributed by atoms with Crippen LogP contribution in [0.5, 0.6) is 0 Å². The van der Waals surface area contributed by atoms with E-state index in [4.69, 9.17) is 0 Å². The summed E-state index contributed by atoms with van der Waals surface area (Å²) in [6.07, 6.45) is 0. The van der Waals surface area contributed by atoms with Crippen molar-refractivity contribution in [3.05, 3.63) is 33.9 Å². The summed E-state index contributed by atoms with van der Waals surface area (Å²) < 4.78 is 35.7. The van der Waals surface area contributed by atoms with E-state index < -0.39 is 33.9 Å². The van der Waals surface area contributed by atoms with E-state index in [0.717, 1.165) is 6.07 Å². The fourth-order valence-corrected chi connectivity index (χ4v) is 1.56. The Morgan fingerprint density at radius 1 is 1.47 bits per heavy atom. The zero-order valence-corrected chi connectivity index (χ0v) is 10.5. The number of carbonyl (C=O) groups excluding carboxylic acids is 1. The lowest BCUT2D eigenvalue weighted by Gasteiger charge is -2.09. The lowest BCUT2D eigenvalue weighted by Crippen LogP contribution is -2.17. The number of rotatable bonds is 4. The molecule has 0 aliphatic heterocycles. The summed E-state index contributed by atoms with van der Waals surface area (Å²) in [4.78, 5) is 21.2. The quantitative estimate of drug-likeness (QED) is 0.684. The van der Waals surface area contributed by atoms with E-state index in [0.29, 0.717) is 5.56 Å². The van der Waals surface area contributed by atoms with Crippen molar-refractivity contribution in [1.29, 1.82) is 0 Å². The van der Waals surface area contributed by atoms with Gasteiger partial charge in [0, 0.05) is 12.1 Å². The van der Waals surface area contributed by atoms with Crippen LogP contribution in [0.3, 0.4) is 0 Å². The summed E-state index contributed by atoms with van der Waals surface area (Å²) in [7, 11) is 0. The standard InChI is InChI=1S/C10H9F3N2O3S/c1-6-2-3-7(15(17)18)4-8(6)14-9(16)5-19-10(11,12)13/h2-4H,5H2,1H3,(H,14,16). The Labute approximate surface area is 110 Å². The summed E-state index contributed by atoms with van der Waals surface area (Å²) >= 11 is -0.469. The third kappa shape index (κ3) is 5.16. The molecule has 5 nitrogen and oxygen atoms in total. The monoisotopic (exact) mass is 294 g/mol. The number of aryl methyl sites for hydroxylation is 1. The van der Waals surface area contributed by atoms with Gasteiger partial charge in [0.2, 0.25) is 5.91 Å². The first kappa shape index (κ1) is 15.3. The highest BCUT2D eigenvalue weighted by molar-refractivity contribution is 8.00. The molecule has 1 aromatic rings. The van der Waals surface area contributed by atoms with E-state index in [1.807, 2.05) is 0 Å². The van der Waals surface area contributed by atoms with Gasteiger partial charge < -0.3 is 5.32 Å². The number of nitrogens with one attached hydrogen (secondary N) is 1. The molecule has 1 amide bonds. The average Bonchev–Trinajstić information content (AvgIpc) is 2.28. The van der Waals surface area contributed by atoms with Gasteiger partial charge in [-0.3, -0.25) is 14.9 Å². The van der Waals surface area contributed by atoms with E-state index in [1.54, 1.807) is 6.92 Å². The number of nitrogens with zero attached hydrogens (tertiary/aromatic N) is 1. The van der Waals surface area contributed by atoms with Crippen molar-refractivity contribution >= 4 is 29.0 Å². The molecule has 0 aliphatic rings. The molecule has 0 unspecified atom stereocenters. The number of benzene rings is 1. The number of hydrogen-bond acceptors (Lipinski definition) is 4. The van der Waals surface area contributed by atoms with Gasteiger partial charge in [-0.25, -0.2) is 0 Å². The molecule has 0 radical (unpaired) electrons. The maximum Gasteiger partial charge on any atom is 0.442 e. The molecule has 0 aromatic heterocycles. The van der Waals surface area contributed by atoms with Gasteiger partial charge in [-0.1, -0.05) is 6.07 Å². The van der Waals surface area contributed by atoms with Crippen LogP contribution in [0.2, 0.25) is 0 Å². The molecule has 104 valence electrons. The predicted molar refractivity (Wildman–Crippen MR) is 65.0 cm³/mol. The third-order valence-corrected chi connectivity index (χ3v) is 2.81. The zero-order chi connectivity index (χ0) is 14.6. The molecule has 0 heterocycles. The predicted octanol–water partition coefficient (Wildman–Crippen LogP) is 3.09. The smallest absolute Gasteiger partial charge is 0.325 e. The first-order valence-corrected chi connectivity index (χ1v) is 5.93. The molecular weight excluding hydrogens is 285 g/mol. The number of hydrogen-bond donors (Lipinski definition) is 1. The first-order chi connectivity index (χ1) is 8.69. The summed E-state index contributed by atoms with van der Waals surface area (Å²) in [6, 6.07) is 3.76. The van der Waals surface area contributed by atoms with Crippen LogP contribution in [0.25, 0.3) is 0 Å². The maximum absolute atomic E-state index is 11.9. The second kappa shape index (κ2) is 5.91. The van der Waals surface area contributed by atoms with Crippen LogP contribution in [0.4, 0.5) is 24.5 Å². The van der Waals surface area contributed by atoms with Gasteiger partial charge in [0.05, 0.1) is 16.4 Å². The number of thioether (sulfide) groups is 1. The lowest BCUT2D eigenvalue weighted by molar-refractivity contribution is -0.384. The first-order valence-electron chi connectivity index (χ1n) is 4.94. The number of nitro groups is 1. The van der Waals surface area contributed by atoms with Gasteiger partial charge in [0.1, 0.15) is 0 Å². The van der Waals surface area contributed by atoms with Gasteiger partial charge in [-0.15, -0.1) is 0 Å². The van der Waals surface area contributed by atoms with E-state index >= 15 is 0 Å².